The summed E-state index contributed by atoms with van der Waals surface area (Å²) >= 11 is 0. The highest BCUT2D eigenvalue weighted by atomic mass is 16.6. The van der Waals surface area contributed by atoms with Crippen LogP contribution in [0.15, 0.2) is 31.0 Å². The van der Waals surface area contributed by atoms with E-state index < -0.39 is 35.3 Å². The van der Waals surface area contributed by atoms with Crippen molar-refractivity contribution in [3.63, 3.8) is 0 Å². The van der Waals surface area contributed by atoms with Crippen molar-refractivity contribution in [2.45, 2.75) is 36.3 Å². The maximum Gasteiger partial charge on any atom is 0.245 e. The summed E-state index contributed by atoms with van der Waals surface area (Å²) in [6.07, 6.45) is 5.80. The molecule has 3 heterocycles. The Morgan fingerprint density at radius 2 is 1.81 bits per heavy atom. The Labute approximate surface area is 175 Å². The zero-order chi connectivity index (χ0) is 23.2. The number of H-pyrrole nitrogens is 1. The second kappa shape index (κ2) is 7.36. The van der Waals surface area contributed by atoms with Gasteiger partial charge in [-0.05, 0) is 6.07 Å². The van der Waals surface area contributed by atoms with E-state index in [-0.39, 0.29) is 0 Å². The van der Waals surface area contributed by atoms with Crippen LogP contribution >= 0.6 is 0 Å². The van der Waals surface area contributed by atoms with E-state index >= 15 is 0 Å². The fourth-order valence-electron chi connectivity index (χ4n) is 3.46. The molecule has 0 saturated heterocycles. The van der Waals surface area contributed by atoms with E-state index in [4.69, 9.17) is 13.1 Å². The first-order valence-electron chi connectivity index (χ1n) is 8.80. The van der Waals surface area contributed by atoms with Gasteiger partial charge < -0.3 is 40.7 Å². The van der Waals surface area contributed by atoms with Gasteiger partial charge in [-0.25, -0.2) is 9.97 Å². The van der Waals surface area contributed by atoms with E-state index in [1.165, 1.54) is 25.6 Å². The quantitative estimate of drug-likeness (QED) is 0.153. The number of nitriles is 1. The first kappa shape index (κ1) is 22.8. The lowest BCUT2D eigenvalue weighted by molar-refractivity contribution is -0.380. The summed E-state index contributed by atoms with van der Waals surface area (Å²) in [7, 11) is 5.19. The largest absolute Gasteiger partial charge is 0.389 e. The average Bonchev–Trinajstić information content (AvgIpc) is 3.35. The maximum absolute atomic E-state index is 10.1. The fourth-order valence-corrected chi connectivity index (χ4v) is 3.46. The number of fused-ring (bicyclic) bond motifs is 1. The van der Waals surface area contributed by atoms with Crippen LogP contribution in [0.1, 0.15) is 6.92 Å². The normalized spacial score (nSPS) is 25.6. The molecule has 14 heteroatoms. The molecule has 0 amide bonds. The monoisotopic (exact) mass is 430 g/mol. The number of aliphatic hydroxyl groups is 7. The number of nitrogens with zero attached hydrogens (tertiary/aromatic N) is 5. The molecule has 0 bridgehead atoms. The van der Waals surface area contributed by atoms with Crippen LogP contribution in [0.5, 0.6) is 0 Å². The standard InChI is InChI=1S/C15H16BN5O7.C2H3N/c16-14(26)12(22,23)9(13(24,25)15(14,27)28)5-21-4-7(3-20-21)10-8-1-2-17-11(8)19-6-18-10;1-2-3/h1-4,6,9,22-28H,5H2,(H,17,18,19);1H3. The Hall–Kier alpha value is -2.90. The summed E-state index contributed by atoms with van der Waals surface area (Å²) in [5.41, 5.74) is -1.97. The molecule has 0 aliphatic heterocycles. The summed E-state index contributed by atoms with van der Waals surface area (Å²) in [5.74, 6) is -13.0. The second-order valence-electron chi connectivity index (χ2n) is 7.08. The molecule has 2 atom stereocenters. The molecule has 8 N–H and O–H groups in total. The smallest absolute Gasteiger partial charge is 0.245 e. The Kier molecular flexibility index (Phi) is 5.41. The third kappa shape index (κ3) is 3.20. The van der Waals surface area contributed by atoms with Crippen LogP contribution < -0.4 is 0 Å². The van der Waals surface area contributed by atoms with Crippen LogP contribution in [0.3, 0.4) is 0 Å². The molecule has 1 fully saturated rings. The van der Waals surface area contributed by atoms with Crippen LogP contribution in [0, 0.1) is 17.2 Å². The summed E-state index contributed by atoms with van der Waals surface area (Å²) in [6.45, 7) is 0.781. The number of aromatic nitrogens is 5. The lowest BCUT2D eigenvalue weighted by atomic mass is 9.72. The maximum atomic E-state index is 10.1. The third-order valence-corrected chi connectivity index (χ3v) is 5.21. The summed E-state index contributed by atoms with van der Waals surface area (Å²) in [5, 5.41) is 82.0. The van der Waals surface area contributed by atoms with Gasteiger partial charge in [0.15, 0.2) is 5.79 Å². The third-order valence-electron chi connectivity index (χ3n) is 5.21. The molecule has 1 aliphatic carbocycles. The van der Waals surface area contributed by atoms with Gasteiger partial charge >= 0.3 is 0 Å². The zero-order valence-electron chi connectivity index (χ0n) is 16.1. The van der Waals surface area contributed by atoms with Crippen LogP contribution in [0.2, 0.25) is 0 Å². The summed E-state index contributed by atoms with van der Waals surface area (Å²) < 4.78 is 1.08. The van der Waals surface area contributed by atoms with Crippen LogP contribution in [-0.2, 0) is 6.54 Å². The van der Waals surface area contributed by atoms with Gasteiger partial charge in [-0.2, -0.15) is 10.4 Å². The number of hydrogen-bond acceptors (Lipinski definition) is 11. The Morgan fingerprint density at radius 3 is 2.39 bits per heavy atom. The van der Waals surface area contributed by atoms with Gasteiger partial charge in [0.05, 0.1) is 30.4 Å². The predicted molar refractivity (Wildman–Crippen MR) is 102 cm³/mol. The summed E-state index contributed by atoms with van der Waals surface area (Å²) in [4.78, 5) is 11.2. The van der Waals surface area contributed by atoms with E-state index in [9.17, 15) is 35.7 Å². The van der Waals surface area contributed by atoms with Crippen molar-refractivity contribution in [2.75, 3.05) is 0 Å². The van der Waals surface area contributed by atoms with Gasteiger partial charge in [-0.15, -0.1) is 0 Å². The number of aromatic amines is 1. The van der Waals surface area contributed by atoms with E-state index in [1.54, 1.807) is 18.3 Å². The molecule has 3 aromatic rings. The minimum Gasteiger partial charge on any atom is -0.389 e. The van der Waals surface area contributed by atoms with Gasteiger partial charge in [0.2, 0.25) is 11.6 Å². The Balaban J connectivity index is 0.000000858. The lowest BCUT2D eigenvalue weighted by Crippen LogP contribution is -2.67. The highest BCUT2D eigenvalue weighted by Gasteiger charge is 2.80. The van der Waals surface area contributed by atoms with E-state index in [0.717, 1.165) is 4.68 Å². The van der Waals surface area contributed by atoms with Crippen molar-refractivity contribution in [1.29, 1.82) is 5.26 Å². The molecular formula is C17H19BN6O7. The fraction of sp³-hybridized carbons (Fsp3) is 0.412. The van der Waals surface area contributed by atoms with Crippen molar-refractivity contribution < 1.29 is 35.7 Å². The molecule has 1 aliphatic rings. The highest BCUT2D eigenvalue weighted by molar-refractivity contribution is 6.16. The molecule has 13 nitrogen and oxygen atoms in total. The second-order valence-corrected chi connectivity index (χ2v) is 7.08. The Morgan fingerprint density at radius 1 is 1.16 bits per heavy atom. The molecule has 2 radical (unpaired) electrons. The van der Waals surface area contributed by atoms with Crippen molar-refractivity contribution in [3.05, 3.63) is 31.0 Å². The van der Waals surface area contributed by atoms with Gasteiger partial charge in [0.25, 0.3) is 0 Å². The molecule has 31 heavy (non-hydrogen) atoms. The zero-order valence-corrected chi connectivity index (χ0v) is 16.1. The Bertz CT molecular complexity index is 1110. The topological polar surface area (TPSA) is 225 Å². The van der Waals surface area contributed by atoms with Crippen LogP contribution in [0.25, 0.3) is 22.3 Å². The molecule has 0 aromatic carbocycles. The number of nitrogens with one attached hydrogen (secondary N) is 1. The predicted octanol–water partition coefficient (Wildman–Crippen LogP) is -3.12. The van der Waals surface area contributed by atoms with Crippen molar-refractivity contribution >= 4 is 18.9 Å². The molecule has 0 spiro atoms. The average molecular weight is 430 g/mol. The summed E-state index contributed by atoms with van der Waals surface area (Å²) in [6, 6.07) is 3.50. The SMILES string of the molecule is CC#N.[B]C1(O)C(O)(O)C(Cn2cc(-c3ncnc4[nH]ccc34)cn2)C(O)(O)C1(O)O. The number of hydrogen-bond donors (Lipinski definition) is 8. The van der Waals surface area contributed by atoms with E-state index in [0.29, 0.717) is 22.3 Å². The first-order valence-corrected chi connectivity index (χ1v) is 8.80. The van der Waals surface area contributed by atoms with Crippen molar-refractivity contribution in [3.8, 4) is 17.3 Å². The minimum atomic E-state index is -3.84. The van der Waals surface area contributed by atoms with Gasteiger partial charge in [-0.3, -0.25) is 4.68 Å². The van der Waals surface area contributed by atoms with E-state index in [1.807, 2.05) is 0 Å². The van der Waals surface area contributed by atoms with Gasteiger partial charge in [0.1, 0.15) is 25.3 Å². The van der Waals surface area contributed by atoms with Crippen LogP contribution in [-0.4, -0.2) is 91.2 Å². The molecule has 3 aromatic heterocycles. The highest BCUT2D eigenvalue weighted by Crippen LogP contribution is 2.51. The molecular weight excluding hydrogens is 411 g/mol. The molecule has 2 unspecified atom stereocenters. The molecule has 1 saturated carbocycles. The van der Waals surface area contributed by atoms with Crippen LogP contribution in [0.4, 0.5) is 0 Å². The van der Waals surface area contributed by atoms with Crippen molar-refractivity contribution in [2.24, 2.45) is 5.92 Å². The molecule has 4 rings (SSSR count). The first-order chi connectivity index (χ1) is 14.3. The van der Waals surface area contributed by atoms with Gasteiger partial charge in [-0.1, -0.05) is 0 Å². The molecule has 162 valence electrons. The van der Waals surface area contributed by atoms with Gasteiger partial charge in [0, 0.05) is 30.3 Å². The van der Waals surface area contributed by atoms with Crippen molar-refractivity contribution in [1.82, 2.24) is 24.7 Å². The minimum absolute atomic E-state index is 0.496. The number of rotatable bonds is 3. The lowest BCUT2D eigenvalue weighted by Gasteiger charge is -2.38. The van der Waals surface area contributed by atoms with E-state index in [2.05, 4.69) is 20.1 Å².